The molecule has 0 aliphatic heterocycles. The van der Waals surface area contributed by atoms with E-state index in [4.69, 9.17) is 0 Å². The van der Waals surface area contributed by atoms with E-state index in [1.54, 1.807) is 10.7 Å². The minimum Gasteiger partial charge on any atom is -0.476 e. The van der Waals surface area contributed by atoms with Crippen molar-refractivity contribution < 1.29 is 14.7 Å². The summed E-state index contributed by atoms with van der Waals surface area (Å²) in [5.41, 5.74) is 2.10. The van der Waals surface area contributed by atoms with Gasteiger partial charge in [0.1, 0.15) is 0 Å². The van der Waals surface area contributed by atoms with E-state index < -0.39 is 5.97 Å². The largest absolute Gasteiger partial charge is 0.476 e. The number of carboxylic acids is 1. The zero-order valence-electron chi connectivity index (χ0n) is 13.4. The van der Waals surface area contributed by atoms with Gasteiger partial charge in [-0.25, -0.2) is 14.3 Å². The van der Waals surface area contributed by atoms with Crippen LogP contribution in [0.3, 0.4) is 0 Å². The highest BCUT2D eigenvalue weighted by atomic mass is 32.1. The summed E-state index contributed by atoms with van der Waals surface area (Å²) >= 11 is 1.18. The summed E-state index contributed by atoms with van der Waals surface area (Å²) < 4.78 is 1.62. The zero-order chi connectivity index (χ0) is 17.4. The lowest BCUT2D eigenvalue weighted by molar-refractivity contribution is 0.0689. The second-order valence-electron chi connectivity index (χ2n) is 5.74. The second-order valence-corrected chi connectivity index (χ2v) is 6.77. The molecule has 24 heavy (non-hydrogen) atoms. The molecule has 0 saturated heterocycles. The van der Waals surface area contributed by atoms with Crippen LogP contribution in [0.2, 0.25) is 0 Å². The van der Waals surface area contributed by atoms with Crippen LogP contribution < -0.4 is 5.32 Å². The molecule has 1 amide bonds. The van der Waals surface area contributed by atoms with Crippen LogP contribution in [-0.2, 0) is 0 Å². The molecule has 3 aromatic rings. The molecule has 0 aliphatic carbocycles. The van der Waals surface area contributed by atoms with Crippen LogP contribution in [0.25, 0.3) is 5.52 Å². The molecule has 0 saturated carbocycles. The van der Waals surface area contributed by atoms with Gasteiger partial charge in [0.25, 0.3) is 5.91 Å². The maximum absolute atomic E-state index is 12.5. The molecule has 124 valence electrons. The maximum atomic E-state index is 12.5. The quantitative estimate of drug-likeness (QED) is 0.758. The smallest absolute Gasteiger partial charge is 0.355 e. The molecule has 7 nitrogen and oxygen atoms in total. The first-order chi connectivity index (χ1) is 11.4. The first kappa shape index (κ1) is 16.1. The van der Waals surface area contributed by atoms with Gasteiger partial charge < -0.3 is 5.11 Å². The van der Waals surface area contributed by atoms with Gasteiger partial charge in [0.15, 0.2) is 10.8 Å². The number of rotatable bonds is 4. The van der Waals surface area contributed by atoms with Crippen molar-refractivity contribution in [2.75, 3.05) is 5.32 Å². The third-order valence-corrected chi connectivity index (χ3v) is 4.79. The average molecular weight is 344 g/mol. The number of hydrogen-bond acceptors (Lipinski definition) is 5. The summed E-state index contributed by atoms with van der Waals surface area (Å²) in [6, 6.07) is 3.77. The van der Waals surface area contributed by atoms with Crippen molar-refractivity contribution in [3.8, 4) is 0 Å². The molecule has 3 aromatic heterocycles. The number of nitrogens with zero attached hydrogens (tertiary/aromatic N) is 3. The van der Waals surface area contributed by atoms with Crippen molar-refractivity contribution in [1.29, 1.82) is 0 Å². The molecule has 8 heteroatoms. The number of carbonyl (C=O) groups is 2. The highest BCUT2D eigenvalue weighted by Crippen LogP contribution is 2.30. The first-order valence-corrected chi connectivity index (χ1v) is 8.18. The number of nitrogens with one attached hydrogen (secondary N) is 1. The highest BCUT2D eigenvalue weighted by molar-refractivity contribution is 7.16. The van der Waals surface area contributed by atoms with E-state index in [-0.39, 0.29) is 22.7 Å². The Kier molecular flexibility index (Phi) is 4.06. The summed E-state index contributed by atoms with van der Waals surface area (Å²) in [7, 11) is 0. The second kappa shape index (κ2) is 6.04. The standard InChI is InChI=1S/C16H16N4O3S/c1-8(2)13-12(15(22)23)18-16(24-13)19-14(21)10-7-17-20-5-4-9(3)6-11(10)20/h4-8H,1-3H3,(H,22,23)(H,18,19,21). The third kappa shape index (κ3) is 2.88. The first-order valence-electron chi connectivity index (χ1n) is 7.36. The lowest BCUT2D eigenvalue weighted by atomic mass is 10.1. The summed E-state index contributed by atoms with van der Waals surface area (Å²) in [4.78, 5) is 28.5. The Bertz CT molecular complexity index is 942. The normalized spacial score (nSPS) is 11.2. The number of pyridine rings is 1. The SMILES string of the molecule is Cc1ccn2ncc(C(=O)Nc3nc(C(=O)O)c(C(C)C)s3)c2c1. The van der Waals surface area contributed by atoms with E-state index in [0.717, 1.165) is 5.56 Å². The molecule has 0 unspecified atom stereocenters. The van der Waals surface area contributed by atoms with Crippen molar-refractivity contribution in [2.45, 2.75) is 26.7 Å². The molecule has 3 heterocycles. The number of aromatic carboxylic acids is 1. The lowest BCUT2D eigenvalue weighted by Gasteiger charge is -2.01. The van der Waals surface area contributed by atoms with Gasteiger partial charge in [-0.15, -0.1) is 11.3 Å². The maximum Gasteiger partial charge on any atom is 0.355 e. The van der Waals surface area contributed by atoms with E-state index in [0.29, 0.717) is 16.0 Å². The van der Waals surface area contributed by atoms with Gasteiger partial charge in [-0.3, -0.25) is 10.1 Å². The predicted molar refractivity (Wildman–Crippen MR) is 91.0 cm³/mol. The number of anilines is 1. The number of amides is 1. The van der Waals surface area contributed by atoms with Gasteiger partial charge in [0, 0.05) is 11.1 Å². The Morgan fingerprint density at radius 3 is 2.75 bits per heavy atom. The number of aromatic nitrogens is 3. The molecule has 0 bridgehead atoms. The van der Waals surface area contributed by atoms with Crippen LogP contribution in [0.5, 0.6) is 0 Å². The topological polar surface area (TPSA) is 96.6 Å². The Morgan fingerprint density at radius 2 is 2.12 bits per heavy atom. The van der Waals surface area contributed by atoms with Crippen LogP contribution in [0.4, 0.5) is 5.13 Å². The van der Waals surface area contributed by atoms with Gasteiger partial charge >= 0.3 is 5.97 Å². The van der Waals surface area contributed by atoms with Crippen LogP contribution in [0, 0.1) is 6.92 Å². The summed E-state index contributed by atoms with van der Waals surface area (Å²) in [6.07, 6.45) is 3.27. The van der Waals surface area contributed by atoms with E-state index in [1.807, 2.05) is 32.9 Å². The number of thiazole rings is 1. The number of aryl methyl sites for hydroxylation is 1. The van der Waals surface area contributed by atoms with Crippen molar-refractivity contribution in [2.24, 2.45) is 0 Å². The van der Waals surface area contributed by atoms with E-state index >= 15 is 0 Å². The van der Waals surface area contributed by atoms with Gasteiger partial charge in [-0.1, -0.05) is 13.8 Å². The highest BCUT2D eigenvalue weighted by Gasteiger charge is 2.21. The molecule has 3 rings (SSSR count). The number of hydrogen-bond donors (Lipinski definition) is 2. The summed E-state index contributed by atoms with van der Waals surface area (Å²) in [6.45, 7) is 5.71. The minimum atomic E-state index is -1.10. The van der Waals surface area contributed by atoms with Gasteiger partial charge in [0.2, 0.25) is 0 Å². The predicted octanol–water partition coefficient (Wildman–Crippen LogP) is 3.17. The van der Waals surface area contributed by atoms with Crippen molar-refractivity contribution in [1.82, 2.24) is 14.6 Å². The fourth-order valence-corrected chi connectivity index (χ4v) is 3.31. The lowest BCUT2D eigenvalue weighted by Crippen LogP contribution is -2.12. The van der Waals surface area contributed by atoms with Gasteiger partial charge in [0.05, 0.1) is 17.3 Å². The van der Waals surface area contributed by atoms with E-state index in [2.05, 4.69) is 15.4 Å². The average Bonchev–Trinajstić information content (AvgIpc) is 3.10. The monoisotopic (exact) mass is 344 g/mol. The third-order valence-electron chi connectivity index (χ3n) is 3.52. The van der Waals surface area contributed by atoms with Gasteiger partial charge in [-0.05, 0) is 30.5 Å². The van der Waals surface area contributed by atoms with Crippen molar-refractivity contribution in [3.63, 3.8) is 0 Å². The van der Waals surface area contributed by atoms with Crippen LogP contribution in [0.15, 0.2) is 24.5 Å². The van der Waals surface area contributed by atoms with Crippen molar-refractivity contribution >= 4 is 33.9 Å². The van der Waals surface area contributed by atoms with E-state index in [1.165, 1.54) is 17.5 Å². The molecule has 2 N–H and O–H groups in total. The Balaban J connectivity index is 1.93. The summed E-state index contributed by atoms with van der Waals surface area (Å²) in [5.74, 6) is -1.45. The molecular weight excluding hydrogens is 328 g/mol. The number of fused-ring (bicyclic) bond motifs is 1. The van der Waals surface area contributed by atoms with E-state index in [9.17, 15) is 14.7 Å². The molecule has 0 aliphatic rings. The molecule has 0 spiro atoms. The number of carbonyl (C=O) groups excluding carboxylic acids is 1. The Morgan fingerprint density at radius 1 is 1.38 bits per heavy atom. The van der Waals surface area contributed by atoms with Crippen LogP contribution >= 0.6 is 11.3 Å². The molecular formula is C16H16N4O3S. The minimum absolute atomic E-state index is 0.0129. The molecule has 0 atom stereocenters. The molecule has 0 fully saturated rings. The fraction of sp³-hybridized carbons (Fsp3) is 0.250. The van der Waals surface area contributed by atoms with Gasteiger partial charge in [-0.2, -0.15) is 5.10 Å². The Hall–Kier alpha value is -2.74. The van der Waals surface area contributed by atoms with Crippen molar-refractivity contribution in [3.05, 3.63) is 46.2 Å². The Labute approximate surface area is 142 Å². The number of carboxylic acid groups (broad SMARTS) is 1. The fourth-order valence-electron chi connectivity index (χ4n) is 2.36. The van der Waals surface area contributed by atoms with Crippen LogP contribution in [-0.4, -0.2) is 31.6 Å². The summed E-state index contributed by atoms with van der Waals surface area (Å²) in [5, 5.41) is 16.3. The van der Waals surface area contributed by atoms with Crippen LogP contribution in [0.1, 0.15) is 51.1 Å². The zero-order valence-corrected chi connectivity index (χ0v) is 14.2. The molecule has 0 aromatic carbocycles. The molecule has 0 radical (unpaired) electrons.